The number of hydrogen-bond donors (Lipinski definition) is 2. The lowest BCUT2D eigenvalue weighted by Crippen LogP contribution is -2.36. The summed E-state index contributed by atoms with van der Waals surface area (Å²) in [5, 5.41) is 12.2. The molecular weight excluding hydrogens is 242 g/mol. The molecule has 2 atom stereocenters. The van der Waals surface area contributed by atoms with Gasteiger partial charge in [-0.2, -0.15) is 0 Å². The molecule has 2 unspecified atom stereocenters. The molecule has 1 aromatic rings. The van der Waals surface area contributed by atoms with Gasteiger partial charge in [0.05, 0.1) is 12.0 Å². The Morgan fingerprint density at radius 2 is 2.16 bits per heavy atom. The van der Waals surface area contributed by atoms with Crippen LogP contribution in [0, 0.1) is 5.92 Å². The molecule has 1 amide bonds. The number of aromatic hydroxyl groups is 1. The van der Waals surface area contributed by atoms with Crippen LogP contribution in [0.4, 0.5) is 0 Å². The fraction of sp³-hybridized carbons (Fsp3) is 0.533. The first kappa shape index (κ1) is 13.9. The number of phenols is 1. The Hall–Kier alpha value is -1.55. The molecule has 0 spiro atoms. The lowest BCUT2D eigenvalue weighted by molar-refractivity contribution is -0.126. The van der Waals surface area contributed by atoms with Gasteiger partial charge in [-0.3, -0.25) is 4.79 Å². The van der Waals surface area contributed by atoms with Gasteiger partial charge in [0, 0.05) is 13.2 Å². The number of amides is 1. The van der Waals surface area contributed by atoms with Crippen molar-refractivity contribution in [1.29, 1.82) is 0 Å². The third kappa shape index (κ3) is 3.70. The second-order valence-corrected chi connectivity index (χ2v) is 4.92. The van der Waals surface area contributed by atoms with Crippen LogP contribution in [-0.4, -0.2) is 30.3 Å². The molecule has 4 nitrogen and oxygen atoms in total. The summed E-state index contributed by atoms with van der Waals surface area (Å²) in [5.74, 6) is 0.370. The van der Waals surface area contributed by atoms with Gasteiger partial charge >= 0.3 is 0 Å². The molecule has 2 rings (SSSR count). The van der Waals surface area contributed by atoms with Gasteiger partial charge in [-0.15, -0.1) is 0 Å². The molecule has 0 aromatic heterocycles. The van der Waals surface area contributed by atoms with E-state index in [4.69, 9.17) is 4.74 Å². The first-order chi connectivity index (χ1) is 9.20. The van der Waals surface area contributed by atoms with Crippen LogP contribution < -0.4 is 5.32 Å². The average Bonchev–Trinajstić information content (AvgIpc) is 2.89. The molecule has 2 N–H and O–H groups in total. The van der Waals surface area contributed by atoms with Gasteiger partial charge in [0.15, 0.2) is 0 Å². The van der Waals surface area contributed by atoms with Crippen molar-refractivity contribution in [2.24, 2.45) is 5.92 Å². The highest BCUT2D eigenvalue weighted by molar-refractivity contribution is 5.79. The summed E-state index contributed by atoms with van der Waals surface area (Å²) in [5.41, 5.74) is 1.10. The summed E-state index contributed by atoms with van der Waals surface area (Å²) in [7, 11) is 0. The second-order valence-electron chi connectivity index (χ2n) is 4.92. The molecule has 1 aliphatic rings. The van der Waals surface area contributed by atoms with Crippen LogP contribution in [0.25, 0.3) is 0 Å². The van der Waals surface area contributed by atoms with Crippen molar-refractivity contribution in [2.75, 3.05) is 13.2 Å². The fourth-order valence-electron chi connectivity index (χ4n) is 2.47. The molecule has 19 heavy (non-hydrogen) atoms. The van der Waals surface area contributed by atoms with Gasteiger partial charge in [-0.05, 0) is 37.0 Å². The summed E-state index contributed by atoms with van der Waals surface area (Å²) in [4.78, 5) is 12.0. The number of nitrogens with one attached hydrogen (secondary N) is 1. The summed E-state index contributed by atoms with van der Waals surface area (Å²) < 4.78 is 5.53. The number of rotatable bonds is 5. The molecule has 0 radical (unpaired) electrons. The average molecular weight is 263 g/mol. The van der Waals surface area contributed by atoms with Gasteiger partial charge in [-0.1, -0.05) is 19.1 Å². The van der Waals surface area contributed by atoms with Crippen molar-refractivity contribution >= 4 is 5.91 Å². The Morgan fingerprint density at radius 1 is 1.42 bits per heavy atom. The molecule has 0 bridgehead atoms. The molecule has 1 heterocycles. The van der Waals surface area contributed by atoms with Crippen LogP contribution in [0.5, 0.6) is 5.75 Å². The molecule has 1 aromatic carbocycles. The zero-order chi connectivity index (χ0) is 13.7. The quantitative estimate of drug-likeness (QED) is 0.852. The van der Waals surface area contributed by atoms with Gasteiger partial charge in [0.2, 0.25) is 5.91 Å². The van der Waals surface area contributed by atoms with E-state index in [2.05, 4.69) is 5.32 Å². The third-order valence-electron chi connectivity index (χ3n) is 3.60. The maximum absolute atomic E-state index is 12.0. The molecule has 1 saturated heterocycles. The molecule has 104 valence electrons. The van der Waals surface area contributed by atoms with Crippen LogP contribution in [0.2, 0.25) is 0 Å². The van der Waals surface area contributed by atoms with E-state index in [1.165, 1.54) is 0 Å². The van der Waals surface area contributed by atoms with E-state index in [0.29, 0.717) is 13.2 Å². The minimum Gasteiger partial charge on any atom is -0.508 e. The summed E-state index contributed by atoms with van der Waals surface area (Å²) in [6.45, 7) is 3.36. The number of carbonyl (C=O) groups excluding carboxylic acids is 1. The van der Waals surface area contributed by atoms with Gasteiger partial charge in [-0.25, -0.2) is 0 Å². The Bertz CT molecular complexity index is 416. The zero-order valence-electron chi connectivity index (χ0n) is 11.3. The Balaban J connectivity index is 1.76. The van der Waals surface area contributed by atoms with E-state index in [9.17, 15) is 9.90 Å². The minimum absolute atomic E-state index is 0.00446. The van der Waals surface area contributed by atoms with Crippen molar-refractivity contribution in [3.63, 3.8) is 0 Å². The smallest absolute Gasteiger partial charge is 0.225 e. The first-order valence-corrected chi connectivity index (χ1v) is 6.88. The van der Waals surface area contributed by atoms with Crippen LogP contribution >= 0.6 is 0 Å². The lowest BCUT2D eigenvalue weighted by Gasteiger charge is -2.16. The Morgan fingerprint density at radius 3 is 2.84 bits per heavy atom. The summed E-state index contributed by atoms with van der Waals surface area (Å²) in [6, 6.07) is 7.06. The minimum atomic E-state index is 0.00446. The van der Waals surface area contributed by atoms with Crippen molar-refractivity contribution < 1.29 is 14.6 Å². The maximum Gasteiger partial charge on any atom is 0.225 e. The highest BCUT2D eigenvalue weighted by Gasteiger charge is 2.32. The number of phenolic OH excluding ortho intramolecular Hbond substituents is 1. The normalized spacial score (nSPS) is 22.4. The van der Waals surface area contributed by atoms with Gasteiger partial charge in [0.25, 0.3) is 0 Å². The third-order valence-corrected chi connectivity index (χ3v) is 3.60. The number of benzene rings is 1. The molecule has 0 aliphatic carbocycles. The van der Waals surface area contributed by atoms with E-state index >= 15 is 0 Å². The predicted octanol–water partition coefficient (Wildman–Crippen LogP) is 1.87. The monoisotopic (exact) mass is 263 g/mol. The van der Waals surface area contributed by atoms with E-state index in [1.54, 1.807) is 12.1 Å². The second kappa shape index (κ2) is 6.57. The van der Waals surface area contributed by atoms with Crippen molar-refractivity contribution in [3.05, 3.63) is 29.8 Å². The van der Waals surface area contributed by atoms with Crippen molar-refractivity contribution in [3.8, 4) is 5.75 Å². The predicted molar refractivity (Wildman–Crippen MR) is 73.0 cm³/mol. The van der Waals surface area contributed by atoms with Crippen molar-refractivity contribution in [2.45, 2.75) is 32.3 Å². The highest BCUT2D eigenvalue weighted by Crippen LogP contribution is 2.23. The number of carbonyl (C=O) groups is 1. The van der Waals surface area contributed by atoms with Crippen LogP contribution in [0.3, 0.4) is 0 Å². The Labute approximate surface area is 113 Å². The van der Waals surface area contributed by atoms with E-state index in [0.717, 1.165) is 24.8 Å². The molecule has 1 fully saturated rings. The summed E-state index contributed by atoms with van der Waals surface area (Å²) in [6.07, 6.45) is 2.56. The molecule has 0 saturated carbocycles. The SMILES string of the molecule is CCC1OCCC1C(=O)NCCc1ccc(O)cc1. The van der Waals surface area contributed by atoms with Crippen LogP contribution in [0.15, 0.2) is 24.3 Å². The molecule has 4 heteroatoms. The topological polar surface area (TPSA) is 58.6 Å². The summed E-state index contributed by atoms with van der Waals surface area (Å²) >= 11 is 0. The molecule has 1 aliphatic heterocycles. The number of ether oxygens (including phenoxy) is 1. The molecular formula is C15H21NO3. The van der Waals surface area contributed by atoms with E-state index in [1.807, 2.05) is 19.1 Å². The highest BCUT2D eigenvalue weighted by atomic mass is 16.5. The van der Waals surface area contributed by atoms with Crippen LogP contribution in [-0.2, 0) is 16.0 Å². The fourth-order valence-corrected chi connectivity index (χ4v) is 2.47. The maximum atomic E-state index is 12.0. The van der Waals surface area contributed by atoms with Crippen molar-refractivity contribution in [1.82, 2.24) is 5.32 Å². The largest absolute Gasteiger partial charge is 0.508 e. The van der Waals surface area contributed by atoms with Gasteiger partial charge in [0.1, 0.15) is 5.75 Å². The standard InChI is InChI=1S/C15H21NO3/c1-2-14-13(8-10-19-14)15(18)16-9-7-11-3-5-12(17)6-4-11/h3-6,13-14,17H,2,7-10H2,1H3,(H,16,18). The van der Waals surface area contributed by atoms with Gasteiger partial charge < -0.3 is 15.2 Å². The Kier molecular flexibility index (Phi) is 4.80. The first-order valence-electron chi connectivity index (χ1n) is 6.88. The number of hydrogen-bond acceptors (Lipinski definition) is 3. The van der Waals surface area contributed by atoms with Crippen LogP contribution in [0.1, 0.15) is 25.3 Å². The zero-order valence-corrected chi connectivity index (χ0v) is 11.3. The lowest BCUT2D eigenvalue weighted by atomic mass is 9.98. The van der Waals surface area contributed by atoms with E-state index in [-0.39, 0.29) is 23.7 Å². The van der Waals surface area contributed by atoms with E-state index < -0.39 is 0 Å².